The molecule has 0 atom stereocenters. The quantitative estimate of drug-likeness (QED) is 0.853. The van der Waals surface area contributed by atoms with Gasteiger partial charge in [0.1, 0.15) is 0 Å². The first-order valence-electron chi connectivity index (χ1n) is 5.58. The topological polar surface area (TPSA) is 45.2 Å². The zero-order chi connectivity index (χ0) is 12.1. The van der Waals surface area contributed by atoms with Crippen molar-refractivity contribution in [1.82, 2.24) is 10.3 Å². The molecule has 17 heavy (non-hydrogen) atoms. The highest BCUT2D eigenvalue weighted by molar-refractivity contribution is 7.09. The summed E-state index contributed by atoms with van der Waals surface area (Å²) in [4.78, 5) is 4.39. The highest BCUT2D eigenvalue weighted by Gasteiger charge is 1.98. The summed E-state index contributed by atoms with van der Waals surface area (Å²) in [6.45, 7) is 3.74. The summed E-state index contributed by atoms with van der Waals surface area (Å²) in [6, 6.07) is 7.96. The number of nitrogens with one attached hydrogen (secondary N) is 1. The van der Waals surface area contributed by atoms with Gasteiger partial charge >= 0.3 is 0 Å². The lowest BCUT2D eigenvalue weighted by atomic mass is 10.1. The first-order chi connectivity index (χ1) is 8.28. The van der Waals surface area contributed by atoms with Crippen LogP contribution >= 0.6 is 11.3 Å². The molecule has 0 amide bonds. The molecular weight excluding hydrogens is 232 g/mol. The third-order valence-electron chi connectivity index (χ3n) is 2.51. The molecule has 0 aliphatic rings. The monoisotopic (exact) mass is 248 g/mol. The Bertz CT molecular complexity index is 465. The minimum Gasteiger partial charge on any atom is -0.392 e. The van der Waals surface area contributed by atoms with Crippen LogP contribution < -0.4 is 5.32 Å². The Balaban J connectivity index is 1.81. The maximum atomic E-state index is 8.93. The van der Waals surface area contributed by atoms with E-state index in [1.54, 1.807) is 11.3 Å². The zero-order valence-corrected chi connectivity index (χ0v) is 10.6. The van der Waals surface area contributed by atoms with Gasteiger partial charge in [0.2, 0.25) is 0 Å². The Morgan fingerprint density at radius 1 is 1.18 bits per heavy atom. The Morgan fingerprint density at radius 2 is 1.88 bits per heavy atom. The summed E-state index contributed by atoms with van der Waals surface area (Å²) in [5.41, 5.74) is 3.26. The Morgan fingerprint density at radius 3 is 2.47 bits per heavy atom. The van der Waals surface area contributed by atoms with Crippen molar-refractivity contribution in [3.63, 3.8) is 0 Å². The van der Waals surface area contributed by atoms with Gasteiger partial charge in [-0.1, -0.05) is 24.3 Å². The molecule has 1 heterocycles. The number of aromatic nitrogens is 1. The molecule has 0 radical (unpaired) electrons. The van der Waals surface area contributed by atoms with Crippen LogP contribution in [0.3, 0.4) is 0 Å². The van der Waals surface area contributed by atoms with Crippen molar-refractivity contribution in [3.05, 3.63) is 51.5 Å². The Labute approximate surface area is 105 Å². The number of aryl methyl sites for hydroxylation is 1. The van der Waals surface area contributed by atoms with Gasteiger partial charge in [0, 0.05) is 18.5 Å². The maximum absolute atomic E-state index is 8.93. The van der Waals surface area contributed by atoms with Gasteiger partial charge in [0.25, 0.3) is 0 Å². The van der Waals surface area contributed by atoms with Crippen molar-refractivity contribution in [2.75, 3.05) is 0 Å². The highest BCUT2D eigenvalue weighted by Crippen LogP contribution is 2.08. The van der Waals surface area contributed by atoms with Gasteiger partial charge in [-0.3, -0.25) is 0 Å². The van der Waals surface area contributed by atoms with Crippen LogP contribution in [0.4, 0.5) is 0 Å². The van der Waals surface area contributed by atoms with Crippen LogP contribution in [0, 0.1) is 6.92 Å². The van der Waals surface area contributed by atoms with Gasteiger partial charge in [-0.2, -0.15) is 0 Å². The first-order valence-corrected chi connectivity index (χ1v) is 6.46. The van der Waals surface area contributed by atoms with Gasteiger partial charge in [-0.05, 0) is 18.1 Å². The van der Waals surface area contributed by atoms with Crippen LogP contribution in [-0.4, -0.2) is 10.1 Å². The Kier molecular flexibility index (Phi) is 4.25. The average molecular weight is 248 g/mol. The lowest BCUT2D eigenvalue weighted by molar-refractivity contribution is 0.282. The van der Waals surface area contributed by atoms with Gasteiger partial charge in [0.15, 0.2) is 0 Å². The number of benzene rings is 1. The van der Waals surface area contributed by atoms with E-state index in [4.69, 9.17) is 5.11 Å². The minimum absolute atomic E-state index is 0.103. The molecule has 0 aliphatic carbocycles. The van der Waals surface area contributed by atoms with E-state index in [1.807, 2.05) is 31.2 Å². The van der Waals surface area contributed by atoms with E-state index in [0.717, 1.165) is 29.4 Å². The van der Waals surface area contributed by atoms with Crippen molar-refractivity contribution in [2.24, 2.45) is 0 Å². The van der Waals surface area contributed by atoms with Crippen LogP contribution in [0.2, 0.25) is 0 Å². The number of rotatable bonds is 5. The molecule has 0 fully saturated rings. The van der Waals surface area contributed by atoms with E-state index >= 15 is 0 Å². The molecule has 2 N–H and O–H groups in total. The minimum atomic E-state index is 0.103. The second-order valence-electron chi connectivity index (χ2n) is 3.94. The van der Waals surface area contributed by atoms with E-state index in [9.17, 15) is 0 Å². The number of hydrogen-bond acceptors (Lipinski definition) is 4. The third-order valence-corrected chi connectivity index (χ3v) is 3.33. The molecule has 0 unspecified atom stereocenters. The predicted octanol–water partition coefficient (Wildman–Crippen LogP) is 2.23. The molecule has 0 saturated carbocycles. The molecule has 1 aromatic carbocycles. The lowest BCUT2D eigenvalue weighted by Gasteiger charge is -2.04. The van der Waals surface area contributed by atoms with Crippen molar-refractivity contribution in [1.29, 1.82) is 0 Å². The number of aliphatic hydroxyl groups excluding tert-OH is 1. The van der Waals surface area contributed by atoms with Crippen molar-refractivity contribution < 1.29 is 5.11 Å². The third kappa shape index (κ3) is 3.63. The highest BCUT2D eigenvalue weighted by atomic mass is 32.1. The van der Waals surface area contributed by atoms with Gasteiger partial charge < -0.3 is 10.4 Å². The molecule has 0 bridgehead atoms. The average Bonchev–Trinajstić information content (AvgIpc) is 2.76. The largest absolute Gasteiger partial charge is 0.392 e. The van der Waals surface area contributed by atoms with E-state index in [2.05, 4.69) is 15.7 Å². The molecule has 90 valence electrons. The number of hydrogen-bond donors (Lipinski definition) is 2. The van der Waals surface area contributed by atoms with E-state index < -0.39 is 0 Å². The molecule has 4 heteroatoms. The van der Waals surface area contributed by atoms with Gasteiger partial charge in [-0.25, -0.2) is 4.98 Å². The van der Waals surface area contributed by atoms with Gasteiger partial charge in [-0.15, -0.1) is 11.3 Å². The van der Waals surface area contributed by atoms with E-state index in [0.29, 0.717) is 0 Å². The maximum Gasteiger partial charge on any atom is 0.0897 e. The predicted molar refractivity (Wildman–Crippen MR) is 69.8 cm³/mol. The smallest absolute Gasteiger partial charge is 0.0897 e. The summed E-state index contributed by atoms with van der Waals surface area (Å²) < 4.78 is 0. The molecular formula is C13H16N2OS. The van der Waals surface area contributed by atoms with Crippen LogP contribution in [0.1, 0.15) is 21.8 Å². The molecule has 2 aromatic rings. The molecule has 0 spiro atoms. The number of thiazole rings is 1. The fraction of sp³-hybridized carbons (Fsp3) is 0.308. The summed E-state index contributed by atoms with van der Waals surface area (Å²) in [7, 11) is 0. The summed E-state index contributed by atoms with van der Waals surface area (Å²) in [5.74, 6) is 0. The standard InChI is InChI=1S/C13H16N2OS/c1-10-15-13(9-17-10)7-14-6-11-2-4-12(8-16)5-3-11/h2-5,9,14,16H,6-8H2,1H3. The second-order valence-corrected chi connectivity index (χ2v) is 5.00. The van der Waals surface area contributed by atoms with Crippen molar-refractivity contribution in [2.45, 2.75) is 26.6 Å². The lowest BCUT2D eigenvalue weighted by Crippen LogP contribution is -2.12. The molecule has 2 rings (SSSR count). The van der Waals surface area contributed by atoms with Gasteiger partial charge in [0.05, 0.1) is 17.3 Å². The summed E-state index contributed by atoms with van der Waals surface area (Å²) >= 11 is 1.68. The summed E-state index contributed by atoms with van der Waals surface area (Å²) in [5, 5.41) is 15.5. The van der Waals surface area contributed by atoms with Crippen LogP contribution in [0.15, 0.2) is 29.6 Å². The number of aliphatic hydroxyl groups is 1. The normalized spacial score (nSPS) is 10.7. The summed E-state index contributed by atoms with van der Waals surface area (Å²) in [6.07, 6.45) is 0. The molecule has 0 aliphatic heterocycles. The molecule has 3 nitrogen and oxygen atoms in total. The molecule has 1 aromatic heterocycles. The van der Waals surface area contributed by atoms with Crippen molar-refractivity contribution >= 4 is 11.3 Å². The van der Waals surface area contributed by atoms with Crippen LogP contribution in [0.25, 0.3) is 0 Å². The molecule has 0 saturated heterocycles. The van der Waals surface area contributed by atoms with Crippen LogP contribution in [0.5, 0.6) is 0 Å². The Hall–Kier alpha value is -1.23. The fourth-order valence-electron chi connectivity index (χ4n) is 1.59. The first kappa shape index (κ1) is 12.2. The van der Waals surface area contributed by atoms with E-state index in [-0.39, 0.29) is 6.61 Å². The van der Waals surface area contributed by atoms with E-state index in [1.165, 1.54) is 5.56 Å². The number of nitrogens with zero attached hydrogens (tertiary/aromatic N) is 1. The second kappa shape index (κ2) is 5.91. The SMILES string of the molecule is Cc1nc(CNCc2ccc(CO)cc2)cs1. The van der Waals surface area contributed by atoms with Crippen LogP contribution in [-0.2, 0) is 19.7 Å². The van der Waals surface area contributed by atoms with Crippen molar-refractivity contribution in [3.8, 4) is 0 Å². The zero-order valence-electron chi connectivity index (χ0n) is 9.81. The fourth-order valence-corrected chi connectivity index (χ4v) is 2.20.